The summed E-state index contributed by atoms with van der Waals surface area (Å²) >= 11 is 0. The Morgan fingerprint density at radius 1 is 1.10 bits per heavy atom. The van der Waals surface area contributed by atoms with E-state index in [-0.39, 0.29) is 0 Å². The van der Waals surface area contributed by atoms with E-state index in [2.05, 4.69) is 28.4 Å². The Bertz CT molecular complexity index is 444. The second-order valence-corrected chi connectivity index (χ2v) is 5.84. The first-order valence-electron chi connectivity index (χ1n) is 8.17. The van der Waals surface area contributed by atoms with E-state index in [4.69, 9.17) is 9.47 Å². The van der Waals surface area contributed by atoms with Gasteiger partial charge in [0.25, 0.3) is 0 Å². The first-order valence-corrected chi connectivity index (χ1v) is 8.17. The molecule has 1 N–H and O–H groups in total. The van der Waals surface area contributed by atoms with Crippen molar-refractivity contribution >= 4 is 0 Å². The quantitative estimate of drug-likeness (QED) is 0.833. The standard InChI is InChI=1S/C17H26N2O2/c1(8-19-9-12-20-13-10-19)11-21-17-3-2-15-4-6-18-7-5-16(15)14-17/h2-3,14,18H,1,4-13H2. The number of hydrogen-bond acceptors (Lipinski definition) is 4. The average Bonchev–Trinajstić information content (AvgIpc) is 2.77. The molecule has 4 nitrogen and oxygen atoms in total. The molecule has 2 aliphatic heterocycles. The summed E-state index contributed by atoms with van der Waals surface area (Å²) in [5.74, 6) is 1.03. The van der Waals surface area contributed by atoms with Crippen molar-refractivity contribution in [2.24, 2.45) is 0 Å². The van der Waals surface area contributed by atoms with Gasteiger partial charge >= 0.3 is 0 Å². The van der Waals surface area contributed by atoms with Crippen LogP contribution in [0.1, 0.15) is 17.5 Å². The molecule has 0 atom stereocenters. The van der Waals surface area contributed by atoms with Crippen LogP contribution in [0.3, 0.4) is 0 Å². The Balaban J connectivity index is 1.43. The third kappa shape index (κ3) is 4.43. The van der Waals surface area contributed by atoms with Gasteiger partial charge in [-0.1, -0.05) is 6.07 Å². The highest BCUT2D eigenvalue weighted by atomic mass is 16.5. The lowest BCUT2D eigenvalue weighted by Gasteiger charge is -2.26. The number of rotatable bonds is 5. The molecule has 2 aliphatic rings. The maximum Gasteiger partial charge on any atom is 0.119 e. The molecule has 2 heterocycles. The molecule has 0 amide bonds. The number of nitrogens with zero attached hydrogens (tertiary/aromatic N) is 1. The van der Waals surface area contributed by atoms with Crippen LogP contribution in [0.2, 0.25) is 0 Å². The van der Waals surface area contributed by atoms with Crippen LogP contribution in [0, 0.1) is 0 Å². The molecular formula is C17H26N2O2. The molecule has 1 saturated heterocycles. The molecule has 0 radical (unpaired) electrons. The Hall–Kier alpha value is -1.10. The first kappa shape index (κ1) is 14.8. The maximum atomic E-state index is 5.93. The highest BCUT2D eigenvalue weighted by Gasteiger charge is 2.10. The Morgan fingerprint density at radius 3 is 2.76 bits per heavy atom. The van der Waals surface area contributed by atoms with Gasteiger partial charge in [-0.15, -0.1) is 0 Å². The van der Waals surface area contributed by atoms with Crippen LogP contribution in [0.25, 0.3) is 0 Å². The summed E-state index contributed by atoms with van der Waals surface area (Å²) in [6.45, 7) is 7.95. The van der Waals surface area contributed by atoms with E-state index in [1.807, 2.05) is 0 Å². The molecule has 0 bridgehead atoms. The van der Waals surface area contributed by atoms with Crippen molar-refractivity contribution in [2.75, 3.05) is 52.5 Å². The Kier molecular flexibility index (Phi) is 5.49. The van der Waals surface area contributed by atoms with Crippen LogP contribution in [0.4, 0.5) is 0 Å². The van der Waals surface area contributed by atoms with E-state index in [0.717, 1.165) is 77.6 Å². The molecule has 0 aromatic heterocycles. The Morgan fingerprint density at radius 2 is 1.90 bits per heavy atom. The monoisotopic (exact) mass is 290 g/mol. The number of morpholine rings is 1. The van der Waals surface area contributed by atoms with Crippen molar-refractivity contribution in [3.63, 3.8) is 0 Å². The zero-order valence-electron chi connectivity index (χ0n) is 12.8. The van der Waals surface area contributed by atoms with Gasteiger partial charge in [-0.05, 0) is 55.6 Å². The number of nitrogens with one attached hydrogen (secondary N) is 1. The summed E-state index contributed by atoms with van der Waals surface area (Å²) < 4.78 is 11.3. The maximum absolute atomic E-state index is 5.93. The predicted octanol–water partition coefficient (Wildman–Crippen LogP) is 1.48. The van der Waals surface area contributed by atoms with Crippen molar-refractivity contribution in [3.05, 3.63) is 29.3 Å². The molecule has 0 aliphatic carbocycles. The van der Waals surface area contributed by atoms with Crippen LogP contribution in [0.5, 0.6) is 5.75 Å². The lowest BCUT2D eigenvalue weighted by molar-refractivity contribution is 0.0358. The SMILES string of the molecule is c1cc2c(cc1OCCCN1CCOCC1)CCNCC2. The summed E-state index contributed by atoms with van der Waals surface area (Å²) in [4.78, 5) is 2.45. The average molecular weight is 290 g/mol. The number of hydrogen-bond donors (Lipinski definition) is 1. The number of fused-ring (bicyclic) bond motifs is 1. The zero-order chi connectivity index (χ0) is 14.3. The summed E-state index contributed by atoms with van der Waals surface area (Å²) in [6.07, 6.45) is 3.32. The fraction of sp³-hybridized carbons (Fsp3) is 0.647. The van der Waals surface area contributed by atoms with Gasteiger partial charge in [0, 0.05) is 19.6 Å². The molecule has 116 valence electrons. The van der Waals surface area contributed by atoms with E-state index in [1.165, 1.54) is 11.1 Å². The van der Waals surface area contributed by atoms with Crippen LogP contribution in [0.15, 0.2) is 18.2 Å². The van der Waals surface area contributed by atoms with Gasteiger partial charge in [0.05, 0.1) is 19.8 Å². The lowest BCUT2D eigenvalue weighted by atomic mass is 10.0. The predicted molar refractivity (Wildman–Crippen MR) is 84.1 cm³/mol. The van der Waals surface area contributed by atoms with Crippen LogP contribution in [-0.4, -0.2) is 57.4 Å². The van der Waals surface area contributed by atoms with E-state index < -0.39 is 0 Å². The van der Waals surface area contributed by atoms with E-state index >= 15 is 0 Å². The van der Waals surface area contributed by atoms with E-state index in [0.29, 0.717) is 0 Å². The zero-order valence-corrected chi connectivity index (χ0v) is 12.8. The third-order valence-electron chi connectivity index (χ3n) is 4.31. The fourth-order valence-electron chi connectivity index (χ4n) is 3.04. The summed E-state index contributed by atoms with van der Waals surface area (Å²) in [6, 6.07) is 6.59. The molecule has 3 rings (SSSR count). The molecule has 21 heavy (non-hydrogen) atoms. The van der Waals surface area contributed by atoms with Gasteiger partial charge in [0.2, 0.25) is 0 Å². The molecule has 1 fully saturated rings. The molecule has 1 aromatic rings. The Labute approximate surface area is 127 Å². The van der Waals surface area contributed by atoms with Crippen molar-refractivity contribution in [1.29, 1.82) is 0 Å². The summed E-state index contributed by atoms with van der Waals surface area (Å²) in [5.41, 5.74) is 2.92. The van der Waals surface area contributed by atoms with Gasteiger partial charge in [0.15, 0.2) is 0 Å². The number of benzene rings is 1. The smallest absolute Gasteiger partial charge is 0.119 e. The van der Waals surface area contributed by atoms with E-state index in [9.17, 15) is 0 Å². The minimum absolute atomic E-state index is 0.800. The summed E-state index contributed by atoms with van der Waals surface area (Å²) in [7, 11) is 0. The normalized spacial score (nSPS) is 19.8. The van der Waals surface area contributed by atoms with Gasteiger partial charge in [0.1, 0.15) is 5.75 Å². The van der Waals surface area contributed by atoms with Crippen molar-refractivity contribution in [2.45, 2.75) is 19.3 Å². The van der Waals surface area contributed by atoms with E-state index in [1.54, 1.807) is 0 Å². The second-order valence-electron chi connectivity index (χ2n) is 5.84. The highest BCUT2D eigenvalue weighted by Crippen LogP contribution is 2.20. The minimum Gasteiger partial charge on any atom is -0.494 e. The van der Waals surface area contributed by atoms with Crippen LogP contribution in [-0.2, 0) is 17.6 Å². The van der Waals surface area contributed by atoms with Gasteiger partial charge < -0.3 is 14.8 Å². The highest BCUT2D eigenvalue weighted by molar-refractivity contribution is 5.36. The first-order chi connectivity index (χ1) is 10.4. The molecule has 0 unspecified atom stereocenters. The third-order valence-corrected chi connectivity index (χ3v) is 4.31. The van der Waals surface area contributed by atoms with Crippen LogP contribution >= 0.6 is 0 Å². The fourth-order valence-corrected chi connectivity index (χ4v) is 3.04. The van der Waals surface area contributed by atoms with Crippen LogP contribution < -0.4 is 10.1 Å². The molecule has 0 saturated carbocycles. The molecular weight excluding hydrogens is 264 g/mol. The molecule has 4 heteroatoms. The molecule has 0 spiro atoms. The van der Waals surface area contributed by atoms with Gasteiger partial charge in [-0.25, -0.2) is 0 Å². The topological polar surface area (TPSA) is 33.7 Å². The van der Waals surface area contributed by atoms with Crippen molar-refractivity contribution in [1.82, 2.24) is 10.2 Å². The largest absolute Gasteiger partial charge is 0.494 e. The van der Waals surface area contributed by atoms with Crippen molar-refractivity contribution < 1.29 is 9.47 Å². The lowest BCUT2D eigenvalue weighted by Crippen LogP contribution is -2.37. The molecule has 1 aromatic carbocycles. The number of ether oxygens (including phenoxy) is 2. The van der Waals surface area contributed by atoms with Crippen molar-refractivity contribution in [3.8, 4) is 5.75 Å². The minimum atomic E-state index is 0.800. The van der Waals surface area contributed by atoms with Gasteiger partial charge in [-0.2, -0.15) is 0 Å². The second kappa shape index (κ2) is 7.78. The summed E-state index contributed by atoms with van der Waals surface area (Å²) in [5, 5.41) is 3.45. The van der Waals surface area contributed by atoms with Gasteiger partial charge in [-0.3, -0.25) is 4.90 Å².